The SMILES string of the molecule is O=c1[nH]c(Cc2ccccc2)nc(C2CCCC2)c1I. The molecule has 20 heavy (non-hydrogen) atoms. The van der Waals surface area contributed by atoms with Crippen molar-refractivity contribution < 1.29 is 0 Å². The summed E-state index contributed by atoms with van der Waals surface area (Å²) in [4.78, 5) is 19.8. The Balaban J connectivity index is 1.94. The molecule has 0 aliphatic heterocycles. The van der Waals surface area contributed by atoms with E-state index in [9.17, 15) is 4.79 Å². The third-order valence-electron chi connectivity index (χ3n) is 3.89. The topological polar surface area (TPSA) is 45.8 Å². The fraction of sp³-hybridized carbons (Fsp3) is 0.375. The van der Waals surface area contributed by atoms with Gasteiger partial charge in [0.15, 0.2) is 0 Å². The average molecular weight is 380 g/mol. The molecule has 0 atom stereocenters. The number of hydrogen-bond donors (Lipinski definition) is 1. The van der Waals surface area contributed by atoms with Crippen molar-refractivity contribution in [2.75, 3.05) is 0 Å². The smallest absolute Gasteiger partial charge is 0.264 e. The molecule has 1 aliphatic rings. The Morgan fingerprint density at radius 3 is 2.60 bits per heavy atom. The molecule has 0 unspecified atom stereocenters. The minimum absolute atomic E-state index is 0.00781. The molecular formula is C16H17IN2O. The van der Waals surface area contributed by atoms with Crippen LogP contribution in [0.3, 0.4) is 0 Å². The maximum atomic E-state index is 12.1. The van der Waals surface area contributed by atoms with Crippen LogP contribution in [-0.2, 0) is 6.42 Å². The average Bonchev–Trinajstić information content (AvgIpc) is 2.98. The molecule has 1 N–H and O–H groups in total. The molecule has 3 nitrogen and oxygen atoms in total. The Morgan fingerprint density at radius 2 is 1.90 bits per heavy atom. The van der Waals surface area contributed by atoms with Crippen LogP contribution in [0.2, 0.25) is 0 Å². The summed E-state index contributed by atoms with van der Waals surface area (Å²) in [5.41, 5.74) is 2.19. The summed E-state index contributed by atoms with van der Waals surface area (Å²) in [5, 5.41) is 0. The van der Waals surface area contributed by atoms with Crippen LogP contribution in [0.4, 0.5) is 0 Å². The standard InChI is InChI=1S/C16H17IN2O/c17-14-15(12-8-4-5-9-12)18-13(19-16(14)20)10-11-6-2-1-3-7-11/h1-3,6-7,12H,4-5,8-10H2,(H,18,19,20). The van der Waals surface area contributed by atoms with E-state index >= 15 is 0 Å². The second-order valence-corrected chi connectivity index (χ2v) is 6.43. The van der Waals surface area contributed by atoms with Gasteiger partial charge in [-0.1, -0.05) is 43.2 Å². The first-order valence-electron chi connectivity index (χ1n) is 7.06. The predicted octanol–water partition coefficient (Wildman–Crippen LogP) is 3.62. The van der Waals surface area contributed by atoms with E-state index in [0.29, 0.717) is 12.3 Å². The lowest BCUT2D eigenvalue weighted by Gasteiger charge is -2.12. The number of rotatable bonds is 3. The molecule has 1 aliphatic carbocycles. The zero-order chi connectivity index (χ0) is 13.9. The molecule has 1 fully saturated rings. The van der Waals surface area contributed by atoms with Gasteiger partial charge in [-0.2, -0.15) is 0 Å². The van der Waals surface area contributed by atoms with Crippen molar-refractivity contribution in [3.8, 4) is 0 Å². The van der Waals surface area contributed by atoms with Crippen molar-refractivity contribution in [3.63, 3.8) is 0 Å². The first-order valence-corrected chi connectivity index (χ1v) is 8.14. The van der Waals surface area contributed by atoms with Crippen LogP contribution < -0.4 is 5.56 Å². The molecule has 3 rings (SSSR count). The molecule has 1 aromatic carbocycles. The van der Waals surface area contributed by atoms with E-state index in [-0.39, 0.29) is 5.56 Å². The molecule has 1 saturated carbocycles. The van der Waals surface area contributed by atoms with Gasteiger partial charge in [0, 0.05) is 12.3 Å². The summed E-state index contributed by atoms with van der Waals surface area (Å²) in [7, 11) is 0. The van der Waals surface area contributed by atoms with Gasteiger partial charge >= 0.3 is 0 Å². The Labute approximate surface area is 132 Å². The van der Waals surface area contributed by atoms with Gasteiger partial charge in [-0.25, -0.2) is 4.98 Å². The lowest BCUT2D eigenvalue weighted by molar-refractivity contribution is 0.677. The summed E-state index contributed by atoms with van der Waals surface area (Å²) >= 11 is 2.14. The number of aromatic amines is 1. The quantitative estimate of drug-likeness (QED) is 0.827. The summed E-state index contributed by atoms with van der Waals surface area (Å²) in [6.45, 7) is 0. The van der Waals surface area contributed by atoms with Crippen LogP contribution in [0.5, 0.6) is 0 Å². The molecular weight excluding hydrogens is 363 g/mol. The van der Waals surface area contributed by atoms with Crippen LogP contribution in [0, 0.1) is 3.57 Å². The van der Waals surface area contributed by atoms with Crippen LogP contribution in [0.1, 0.15) is 48.7 Å². The fourth-order valence-electron chi connectivity index (χ4n) is 2.87. The molecule has 0 spiro atoms. The number of benzene rings is 1. The van der Waals surface area contributed by atoms with Crippen molar-refractivity contribution in [3.05, 3.63) is 61.3 Å². The summed E-state index contributed by atoms with van der Waals surface area (Å²) in [6.07, 6.45) is 5.52. The van der Waals surface area contributed by atoms with Gasteiger partial charge < -0.3 is 4.98 Å². The number of aromatic nitrogens is 2. The zero-order valence-electron chi connectivity index (χ0n) is 11.2. The second-order valence-electron chi connectivity index (χ2n) is 5.36. The molecule has 0 saturated heterocycles. The number of hydrogen-bond acceptors (Lipinski definition) is 2. The van der Waals surface area contributed by atoms with Gasteiger partial charge in [0.2, 0.25) is 0 Å². The van der Waals surface area contributed by atoms with E-state index in [1.54, 1.807) is 0 Å². The highest BCUT2D eigenvalue weighted by atomic mass is 127. The van der Waals surface area contributed by atoms with Gasteiger partial charge in [0.1, 0.15) is 5.82 Å². The summed E-state index contributed by atoms with van der Waals surface area (Å²) < 4.78 is 0.770. The van der Waals surface area contributed by atoms with Gasteiger partial charge in [-0.15, -0.1) is 0 Å². The minimum atomic E-state index is 0.00781. The van der Waals surface area contributed by atoms with Crippen LogP contribution in [-0.4, -0.2) is 9.97 Å². The van der Waals surface area contributed by atoms with Gasteiger partial charge in [0.05, 0.1) is 9.26 Å². The van der Waals surface area contributed by atoms with Crippen molar-refractivity contribution in [2.45, 2.75) is 38.0 Å². The lowest BCUT2D eigenvalue weighted by Crippen LogP contribution is -2.19. The van der Waals surface area contributed by atoms with E-state index in [1.807, 2.05) is 18.2 Å². The highest BCUT2D eigenvalue weighted by molar-refractivity contribution is 14.1. The molecule has 0 amide bonds. The number of nitrogens with one attached hydrogen (secondary N) is 1. The van der Waals surface area contributed by atoms with Gasteiger partial charge in [-0.05, 0) is 41.0 Å². The fourth-order valence-corrected chi connectivity index (χ4v) is 3.56. The lowest BCUT2D eigenvalue weighted by atomic mass is 10.0. The summed E-state index contributed by atoms with van der Waals surface area (Å²) in [6, 6.07) is 10.1. The van der Waals surface area contributed by atoms with E-state index in [1.165, 1.54) is 18.4 Å². The Kier molecular flexibility index (Phi) is 4.19. The predicted molar refractivity (Wildman–Crippen MR) is 88.0 cm³/mol. The van der Waals surface area contributed by atoms with Crippen molar-refractivity contribution in [2.24, 2.45) is 0 Å². The van der Waals surface area contributed by atoms with Gasteiger partial charge in [0.25, 0.3) is 5.56 Å². The van der Waals surface area contributed by atoms with Crippen LogP contribution in [0.15, 0.2) is 35.1 Å². The maximum Gasteiger partial charge on any atom is 0.264 e. The number of halogens is 1. The summed E-state index contributed by atoms with van der Waals surface area (Å²) in [5.74, 6) is 1.25. The Morgan fingerprint density at radius 1 is 1.20 bits per heavy atom. The largest absolute Gasteiger partial charge is 0.309 e. The molecule has 1 heterocycles. The first-order chi connectivity index (χ1) is 9.74. The normalized spacial score (nSPS) is 15.7. The Bertz CT molecular complexity index is 645. The molecule has 0 bridgehead atoms. The first kappa shape index (κ1) is 13.8. The maximum absolute atomic E-state index is 12.1. The Hall–Kier alpha value is -1.17. The monoisotopic (exact) mass is 380 g/mol. The third-order valence-corrected chi connectivity index (χ3v) is 4.94. The molecule has 2 aromatic rings. The highest BCUT2D eigenvalue weighted by Crippen LogP contribution is 2.34. The van der Waals surface area contributed by atoms with Crippen molar-refractivity contribution in [1.29, 1.82) is 0 Å². The van der Waals surface area contributed by atoms with E-state index in [0.717, 1.165) is 27.9 Å². The van der Waals surface area contributed by atoms with Crippen LogP contribution >= 0.6 is 22.6 Å². The van der Waals surface area contributed by atoms with Crippen molar-refractivity contribution >= 4 is 22.6 Å². The molecule has 104 valence electrons. The van der Waals surface area contributed by atoms with Crippen molar-refractivity contribution in [1.82, 2.24) is 9.97 Å². The number of H-pyrrole nitrogens is 1. The van der Waals surface area contributed by atoms with E-state index < -0.39 is 0 Å². The zero-order valence-corrected chi connectivity index (χ0v) is 13.4. The van der Waals surface area contributed by atoms with E-state index in [2.05, 4.69) is 39.7 Å². The third kappa shape index (κ3) is 2.95. The van der Waals surface area contributed by atoms with Crippen LogP contribution in [0.25, 0.3) is 0 Å². The number of nitrogens with zero attached hydrogens (tertiary/aromatic N) is 1. The minimum Gasteiger partial charge on any atom is -0.309 e. The van der Waals surface area contributed by atoms with E-state index in [4.69, 9.17) is 4.98 Å². The highest BCUT2D eigenvalue weighted by Gasteiger charge is 2.22. The molecule has 0 radical (unpaired) electrons. The second kappa shape index (κ2) is 6.08. The van der Waals surface area contributed by atoms with Gasteiger partial charge in [-0.3, -0.25) is 4.79 Å². The molecule has 4 heteroatoms. The molecule has 1 aromatic heterocycles.